The summed E-state index contributed by atoms with van der Waals surface area (Å²) in [4.78, 5) is 13.0. The van der Waals surface area contributed by atoms with Gasteiger partial charge in [0.2, 0.25) is 0 Å². The molecule has 4 nitrogen and oxygen atoms in total. The average Bonchev–Trinajstić information content (AvgIpc) is 2.27. The minimum absolute atomic E-state index is 0.392. The van der Waals surface area contributed by atoms with E-state index in [1.807, 2.05) is 13.1 Å². The highest BCUT2D eigenvalue weighted by Gasteiger charge is 2.08. The first kappa shape index (κ1) is 9.83. The van der Waals surface area contributed by atoms with E-state index in [0.717, 1.165) is 16.9 Å². The maximum atomic E-state index is 4.47. The zero-order valence-corrected chi connectivity index (χ0v) is 9.15. The van der Waals surface area contributed by atoms with E-state index in [0.29, 0.717) is 11.6 Å². The number of nitrogens with one attached hydrogen (secondary N) is 1. The Morgan fingerprint density at radius 1 is 1.20 bits per heavy atom. The van der Waals surface area contributed by atoms with Gasteiger partial charge in [-0.2, -0.15) is 0 Å². The molecule has 0 aliphatic heterocycles. The lowest BCUT2D eigenvalue weighted by molar-refractivity contribution is 0.827. The van der Waals surface area contributed by atoms with Crippen molar-refractivity contribution in [3.63, 3.8) is 0 Å². The summed E-state index contributed by atoms with van der Waals surface area (Å²) < 4.78 is 0. The van der Waals surface area contributed by atoms with Crippen LogP contribution in [0.2, 0.25) is 0 Å². The van der Waals surface area contributed by atoms with Crippen molar-refractivity contribution in [3.05, 3.63) is 24.2 Å². The van der Waals surface area contributed by atoms with Crippen molar-refractivity contribution in [2.24, 2.45) is 0 Å². The quantitative estimate of drug-likeness (QED) is 0.811. The van der Waals surface area contributed by atoms with Crippen molar-refractivity contribution in [2.45, 2.75) is 19.8 Å². The molecule has 1 N–H and O–H groups in total. The van der Waals surface area contributed by atoms with Gasteiger partial charge in [-0.3, -0.25) is 0 Å². The van der Waals surface area contributed by atoms with Crippen LogP contribution < -0.4 is 5.32 Å². The van der Waals surface area contributed by atoms with Crippen LogP contribution in [0.3, 0.4) is 0 Å². The van der Waals surface area contributed by atoms with Crippen molar-refractivity contribution in [1.29, 1.82) is 0 Å². The molecule has 2 rings (SSSR count). The van der Waals surface area contributed by atoms with E-state index < -0.39 is 0 Å². The second-order valence-electron chi connectivity index (χ2n) is 3.73. The molecule has 0 bridgehead atoms. The normalized spacial score (nSPS) is 10.9. The van der Waals surface area contributed by atoms with Crippen LogP contribution in [0.25, 0.3) is 11.2 Å². The van der Waals surface area contributed by atoms with E-state index in [9.17, 15) is 0 Å². The SMILES string of the molecule is CNc1cc(C(C)C)nc2nccnc12. The summed E-state index contributed by atoms with van der Waals surface area (Å²) in [5.74, 6) is 0.392. The van der Waals surface area contributed by atoms with Gasteiger partial charge in [-0.1, -0.05) is 13.8 Å². The van der Waals surface area contributed by atoms with Gasteiger partial charge in [0.1, 0.15) is 5.52 Å². The monoisotopic (exact) mass is 202 g/mol. The van der Waals surface area contributed by atoms with Gasteiger partial charge < -0.3 is 5.32 Å². The number of nitrogens with zero attached hydrogens (tertiary/aromatic N) is 3. The van der Waals surface area contributed by atoms with Gasteiger partial charge in [0.05, 0.1) is 5.69 Å². The molecule has 2 aromatic rings. The lowest BCUT2D eigenvalue weighted by Crippen LogP contribution is -2.00. The molecule has 4 heteroatoms. The Kier molecular flexibility index (Phi) is 2.49. The maximum Gasteiger partial charge on any atom is 0.180 e. The number of rotatable bonds is 2. The minimum atomic E-state index is 0.392. The molecule has 0 spiro atoms. The van der Waals surface area contributed by atoms with E-state index in [4.69, 9.17) is 0 Å². The van der Waals surface area contributed by atoms with Crippen molar-refractivity contribution < 1.29 is 0 Å². The zero-order chi connectivity index (χ0) is 10.8. The standard InChI is InChI=1S/C11H14N4/c1-7(2)8-6-9(12-3)10-11(15-8)14-5-4-13-10/h4-7H,1-3H3,(H,12,14,15). The van der Waals surface area contributed by atoms with Gasteiger partial charge in [0.25, 0.3) is 0 Å². The molecule has 0 atom stereocenters. The molecular formula is C11H14N4. The van der Waals surface area contributed by atoms with Crippen LogP contribution in [0, 0.1) is 0 Å². The Balaban J connectivity index is 2.71. The lowest BCUT2D eigenvalue weighted by atomic mass is 10.1. The van der Waals surface area contributed by atoms with Crippen LogP contribution in [-0.2, 0) is 0 Å². The lowest BCUT2D eigenvalue weighted by Gasteiger charge is -2.09. The molecule has 0 aliphatic rings. The number of fused-ring (bicyclic) bond motifs is 1. The predicted molar refractivity (Wildman–Crippen MR) is 61.0 cm³/mol. The Morgan fingerprint density at radius 3 is 2.60 bits per heavy atom. The van der Waals surface area contributed by atoms with E-state index >= 15 is 0 Å². The molecule has 0 unspecified atom stereocenters. The molecular weight excluding hydrogens is 188 g/mol. The van der Waals surface area contributed by atoms with Crippen LogP contribution in [0.4, 0.5) is 5.69 Å². The summed E-state index contributed by atoms with van der Waals surface area (Å²) in [5, 5.41) is 3.12. The van der Waals surface area contributed by atoms with Gasteiger partial charge in [0.15, 0.2) is 5.65 Å². The fourth-order valence-corrected chi connectivity index (χ4v) is 1.46. The third-order valence-electron chi connectivity index (χ3n) is 2.32. The fourth-order valence-electron chi connectivity index (χ4n) is 1.46. The summed E-state index contributed by atoms with van der Waals surface area (Å²) in [6, 6.07) is 2.03. The van der Waals surface area contributed by atoms with Gasteiger partial charge in [-0.25, -0.2) is 15.0 Å². The summed E-state index contributed by atoms with van der Waals surface area (Å²) in [6.07, 6.45) is 3.35. The van der Waals surface area contributed by atoms with E-state index in [2.05, 4.69) is 34.1 Å². The number of aromatic nitrogens is 3. The second-order valence-corrected chi connectivity index (χ2v) is 3.73. The molecule has 2 aromatic heterocycles. The first-order chi connectivity index (χ1) is 7.22. The Morgan fingerprint density at radius 2 is 1.93 bits per heavy atom. The molecule has 0 aromatic carbocycles. The summed E-state index contributed by atoms with van der Waals surface area (Å²) in [6.45, 7) is 4.23. The largest absolute Gasteiger partial charge is 0.386 e. The number of hydrogen-bond acceptors (Lipinski definition) is 4. The van der Waals surface area contributed by atoms with Gasteiger partial charge in [0, 0.05) is 25.1 Å². The van der Waals surface area contributed by atoms with Crippen LogP contribution in [0.1, 0.15) is 25.5 Å². The van der Waals surface area contributed by atoms with Gasteiger partial charge in [-0.05, 0) is 12.0 Å². The first-order valence-electron chi connectivity index (χ1n) is 5.01. The third-order valence-corrected chi connectivity index (χ3v) is 2.32. The van der Waals surface area contributed by atoms with Gasteiger partial charge >= 0.3 is 0 Å². The molecule has 0 aliphatic carbocycles. The molecule has 2 heterocycles. The molecule has 78 valence electrons. The number of pyridine rings is 1. The van der Waals surface area contributed by atoms with E-state index in [1.165, 1.54) is 0 Å². The minimum Gasteiger partial charge on any atom is -0.386 e. The topological polar surface area (TPSA) is 50.7 Å². The van der Waals surface area contributed by atoms with Crippen molar-refractivity contribution in [2.75, 3.05) is 12.4 Å². The number of hydrogen-bond donors (Lipinski definition) is 1. The molecule has 15 heavy (non-hydrogen) atoms. The fraction of sp³-hybridized carbons (Fsp3) is 0.364. The highest BCUT2D eigenvalue weighted by Crippen LogP contribution is 2.22. The summed E-state index contributed by atoms with van der Waals surface area (Å²) in [5.41, 5.74) is 3.54. The molecule has 0 radical (unpaired) electrons. The van der Waals surface area contributed by atoms with Gasteiger partial charge in [-0.15, -0.1) is 0 Å². The molecule has 0 saturated heterocycles. The maximum absolute atomic E-state index is 4.47. The van der Waals surface area contributed by atoms with Crippen LogP contribution in [-0.4, -0.2) is 22.0 Å². The third kappa shape index (κ3) is 1.75. The van der Waals surface area contributed by atoms with Crippen molar-refractivity contribution in [1.82, 2.24) is 15.0 Å². The van der Waals surface area contributed by atoms with E-state index in [-0.39, 0.29) is 0 Å². The smallest absolute Gasteiger partial charge is 0.180 e. The Bertz CT molecular complexity index is 479. The average molecular weight is 202 g/mol. The summed E-state index contributed by atoms with van der Waals surface area (Å²) in [7, 11) is 1.88. The molecule has 0 saturated carbocycles. The highest BCUT2D eigenvalue weighted by atomic mass is 14.9. The van der Waals surface area contributed by atoms with E-state index in [1.54, 1.807) is 12.4 Å². The highest BCUT2D eigenvalue weighted by molar-refractivity contribution is 5.84. The summed E-state index contributed by atoms with van der Waals surface area (Å²) >= 11 is 0. The van der Waals surface area contributed by atoms with Crippen LogP contribution in [0.5, 0.6) is 0 Å². The van der Waals surface area contributed by atoms with Crippen LogP contribution in [0.15, 0.2) is 18.5 Å². The molecule has 0 amide bonds. The zero-order valence-electron chi connectivity index (χ0n) is 9.15. The second kappa shape index (κ2) is 3.81. The predicted octanol–water partition coefficient (Wildman–Crippen LogP) is 2.19. The Hall–Kier alpha value is -1.71. The Labute approximate surface area is 88.8 Å². The first-order valence-corrected chi connectivity index (χ1v) is 5.01. The van der Waals surface area contributed by atoms with Crippen molar-refractivity contribution >= 4 is 16.9 Å². The number of anilines is 1. The van der Waals surface area contributed by atoms with Crippen molar-refractivity contribution in [3.8, 4) is 0 Å². The molecule has 0 fully saturated rings. The van der Waals surface area contributed by atoms with Crippen LogP contribution >= 0.6 is 0 Å².